The van der Waals surface area contributed by atoms with Gasteiger partial charge >= 0.3 is 0 Å². The summed E-state index contributed by atoms with van der Waals surface area (Å²) in [5.41, 5.74) is 0. The average Bonchev–Trinajstić information content (AvgIpc) is 2.81. The number of aliphatic hydroxyl groups excluding tert-OH is 6. The Bertz CT molecular complexity index is 595. The molecule has 2 aliphatic rings. The monoisotopic (exact) mass is 495 g/mol. The Labute approximate surface area is 199 Å². The van der Waals surface area contributed by atoms with Gasteiger partial charge in [0.05, 0.1) is 13.2 Å². The number of nitrogens with one attached hydrogen (secondary N) is 1. The second-order valence-electron chi connectivity index (χ2n) is 8.88. The van der Waals surface area contributed by atoms with Crippen molar-refractivity contribution in [1.82, 2.24) is 5.32 Å². The quantitative estimate of drug-likeness (QED) is 0.142. The van der Waals surface area contributed by atoms with Crippen molar-refractivity contribution in [3.05, 3.63) is 0 Å². The lowest BCUT2D eigenvalue weighted by atomic mass is 9.95. The fraction of sp³-hybridized carbons (Fsp3) is 0.955. The highest BCUT2D eigenvalue weighted by atomic mass is 16.7. The maximum Gasteiger partial charge on any atom is 0.217 e. The molecule has 0 aliphatic carbocycles. The molecule has 2 aliphatic heterocycles. The van der Waals surface area contributed by atoms with Crippen molar-refractivity contribution >= 4 is 5.91 Å². The molecule has 0 unspecified atom stereocenters. The van der Waals surface area contributed by atoms with Gasteiger partial charge < -0.3 is 54.9 Å². The highest BCUT2D eigenvalue weighted by molar-refractivity contribution is 5.73. The first-order valence-corrected chi connectivity index (χ1v) is 12.0. The number of unbranched alkanes of at least 4 members (excludes halogenated alkanes) is 5. The van der Waals surface area contributed by atoms with Crippen molar-refractivity contribution in [2.45, 2.75) is 114 Å². The molecule has 200 valence electrons. The second kappa shape index (κ2) is 14.6. The first-order chi connectivity index (χ1) is 16.2. The van der Waals surface area contributed by atoms with Gasteiger partial charge in [-0.1, -0.05) is 39.0 Å². The summed E-state index contributed by atoms with van der Waals surface area (Å²) in [6.45, 7) is 2.49. The topological polar surface area (TPSA) is 187 Å². The minimum atomic E-state index is -1.71. The van der Waals surface area contributed by atoms with Crippen LogP contribution < -0.4 is 5.32 Å². The number of amides is 1. The molecule has 0 radical (unpaired) electrons. The van der Waals surface area contributed by atoms with Gasteiger partial charge in [-0.2, -0.15) is 0 Å². The summed E-state index contributed by atoms with van der Waals surface area (Å²) >= 11 is 0. The molecular weight excluding hydrogens is 454 g/mol. The largest absolute Gasteiger partial charge is 0.394 e. The Hall–Kier alpha value is -0.930. The van der Waals surface area contributed by atoms with Crippen LogP contribution in [-0.4, -0.2) is 118 Å². The normalized spacial score (nSPS) is 38.6. The molecule has 12 heteroatoms. The third kappa shape index (κ3) is 7.79. The van der Waals surface area contributed by atoms with Crippen molar-refractivity contribution in [2.75, 3.05) is 19.8 Å². The molecule has 2 heterocycles. The lowest BCUT2D eigenvalue weighted by Gasteiger charge is -2.47. The number of aliphatic hydroxyl groups is 6. The predicted molar refractivity (Wildman–Crippen MR) is 117 cm³/mol. The van der Waals surface area contributed by atoms with E-state index in [0.717, 1.165) is 32.1 Å². The standard InChI is InChI=1S/C22H41NO11/c1-3-4-5-6-7-8-9-31-21-15(23-12(2)26)20(17(28)14(11-25)32-21)34-22-19(30)18(29)16(27)13(10-24)33-22/h13-22,24-25,27-30H,3-11H2,1-2H3,(H,23,26)/t13-,14-,15-,16+,17-,18+,19-,20-,21+,22+/m1/s1. The van der Waals surface area contributed by atoms with E-state index in [9.17, 15) is 35.4 Å². The van der Waals surface area contributed by atoms with Crippen LogP contribution in [0.3, 0.4) is 0 Å². The zero-order chi connectivity index (χ0) is 25.3. The van der Waals surface area contributed by atoms with Gasteiger partial charge in [0.1, 0.15) is 48.8 Å². The van der Waals surface area contributed by atoms with E-state index >= 15 is 0 Å². The summed E-state index contributed by atoms with van der Waals surface area (Å²) in [5, 5.41) is 62.9. The third-order valence-electron chi connectivity index (χ3n) is 6.14. The van der Waals surface area contributed by atoms with Crippen LogP contribution in [0.4, 0.5) is 0 Å². The molecule has 0 aromatic carbocycles. The number of carbonyl (C=O) groups excluding carboxylic acids is 1. The number of carbonyl (C=O) groups is 1. The van der Waals surface area contributed by atoms with Crippen LogP contribution in [0.5, 0.6) is 0 Å². The summed E-state index contributed by atoms with van der Waals surface area (Å²) in [4.78, 5) is 11.9. The van der Waals surface area contributed by atoms with Gasteiger partial charge in [0, 0.05) is 13.5 Å². The molecule has 0 saturated carbocycles. The van der Waals surface area contributed by atoms with Crippen molar-refractivity contribution in [3.8, 4) is 0 Å². The van der Waals surface area contributed by atoms with Crippen LogP contribution in [0.2, 0.25) is 0 Å². The van der Waals surface area contributed by atoms with Crippen LogP contribution in [0.15, 0.2) is 0 Å². The SMILES string of the molecule is CCCCCCCCO[C@H]1O[C@H](CO)[C@@H](O)[C@H](O[C@@H]2O[C@H](CO)[C@H](O)[C@H](O)[C@H]2O)[C@H]1NC(C)=O. The van der Waals surface area contributed by atoms with E-state index in [4.69, 9.17) is 18.9 Å². The van der Waals surface area contributed by atoms with E-state index in [0.29, 0.717) is 6.61 Å². The smallest absolute Gasteiger partial charge is 0.217 e. The fourth-order valence-corrected chi connectivity index (χ4v) is 4.18. The highest BCUT2D eigenvalue weighted by Gasteiger charge is 2.51. The van der Waals surface area contributed by atoms with Crippen LogP contribution in [0, 0.1) is 0 Å². The molecule has 1 amide bonds. The summed E-state index contributed by atoms with van der Waals surface area (Å²) in [6.07, 6.45) is -6.43. The minimum Gasteiger partial charge on any atom is -0.394 e. The van der Waals surface area contributed by atoms with Gasteiger partial charge in [0.2, 0.25) is 5.91 Å². The Morgan fingerprint density at radius 3 is 2.03 bits per heavy atom. The zero-order valence-corrected chi connectivity index (χ0v) is 19.9. The Morgan fingerprint density at radius 1 is 0.824 bits per heavy atom. The lowest BCUT2D eigenvalue weighted by Crippen LogP contribution is -2.68. The first kappa shape index (κ1) is 29.3. The van der Waals surface area contributed by atoms with E-state index in [2.05, 4.69) is 12.2 Å². The van der Waals surface area contributed by atoms with E-state index in [-0.39, 0.29) is 0 Å². The number of rotatable bonds is 13. The van der Waals surface area contributed by atoms with Gasteiger partial charge in [0.25, 0.3) is 0 Å². The molecule has 2 fully saturated rings. The third-order valence-corrected chi connectivity index (χ3v) is 6.14. The number of hydrogen-bond acceptors (Lipinski definition) is 11. The number of hydrogen-bond donors (Lipinski definition) is 7. The van der Waals surface area contributed by atoms with Crippen LogP contribution in [-0.2, 0) is 23.7 Å². The van der Waals surface area contributed by atoms with Crippen LogP contribution in [0.1, 0.15) is 52.4 Å². The first-order valence-electron chi connectivity index (χ1n) is 12.0. The molecule has 2 saturated heterocycles. The Balaban J connectivity index is 2.12. The lowest BCUT2D eigenvalue weighted by molar-refractivity contribution is -0.344. The fourth-order valence-electron chi connectivity index (χ4n) is 4.18. The second-order valence-corrected chi connectivity index (χ2v) is 8.88. The molecule has 0 aromatic heterocycles. The average molecular weight is 496 g/mol. The molecule has 7 N–H and O–H groups in total. The molecule has 0 spiro atoms. The molecule has 0 aromatic rings. The van der Waals surface area contributed by atoms with Gasteiger partial charge in [-0.3, -0.25) is 4.79 Å². The van der Waals surface area contributed by atoms with Crippen LogP contribution >= 0.6 is 0 Å². The maximum atomic E-state index is 11.9. The number of ether oxygens (including phenoxy) is 4. The molecule has 0 bridgehead atoms. The van der Waals surface area contributed by atoms with Crippen molar-refractivity contribution in [3.63, 3.8) is 0 Å². The maximum absolute atomic E-state index is 11.9. The molecular formula is C22H41NO11. The van der Waals surface area contributed by atoms with Gasteiger partial charge in [-0.15, -0.1) is 0 Å². The summed E-state index contributed by atoms with van der Waals surface area (Å²) in [6, 6.07) is -1.04. The van der Waals surface area contributed by atoms with Crippen molar-refractivity contribution in [2.24, 2.45) is 0 Å². The van der Waals surface area contributed by atoms with Crippen molar-refractivity contribution < 1.29 is 54.4 Å². The summed E-state index contributed by atoms with van der Waals surface area (Å²) in [5.74, 6) is -0.459. The van der Waals surface area contributed by atoms with E-state index in [1.165, 1.54) is 13.3 Å². The Morgan fingerprint density at radius 2 is 1.41 bits per heavy atom. The summed E-state index contributed by atoms with van der Waals surface area (Å²) in [7, 11) is 0. The zero-order valence-electron chi connectivity index (χ0n) is 19.9. The molecule has 2 rings (SSSR count). The van der Waals surface area contributed by atoms with E-state index < -0.39 is 80.5 Å². The molecule has 10 atom stereocenters. The van der Waals surface area contributed by atoms with E-state index in [1.54, 1.807) is 0 Å². The van der Waals surface area contributed by atoms with Crippen LogP contribution in [0.25, 0.3) is 0 Å². The summed E-state index contributed by atoms with van der Waals surface area (Å²) < 4.78 is 22.7. The van der Waals surface area contributed by atoms with Crippen molar-refractivity contribution in [1.29, 1.82) is 0 Å². The molecule has 12 nitrogen and oxygen atoms in total. The highest BCUT2D eigenvalue weighted by Crippen LogP contribution is 2.29. The van der Waals surface area contributed by atoms with Gasteiger partial charge in [-0.05, 0) is 6.42 Å². The van der Waals surface area contributed by atoms with Gasteiger partial charge in [0.15, 0.2) is 12.6 Å². The Kier molecular flexibility index (Phi) is 12.6. The minimum absolute atomic E-state index is 0.313. The predicted octanol–water partition coefficient (Wildman–Crippen LogP) is -1.87. The van der Waals surface area contributed by atoms with Gasteiger partial charge in [-0.25, -0.2) is 0 Å². The molecule has 34 heavy (non-hydrogen) atoms. The van der Waals surface area contributed by atoms with E-state index in [1.807, 2.05) is 0 Å².